The Labute approximate surface area is 117 Å². The largest absolute Gasteiger partial charge is 0.481 e. The summed E-state index contributed by atoms with van der Waals surface area (Å²) in [5.41, 5.74) is -2.36. The van der Waals surface area contributed by atoms with Gasteiger partial charge in [0.05, 0.1) is 35.1 Å². The van der Waals surface area contributed by atoms with Crippen molar-refractivity contribution in [1.29, 1.82) is 5.26 Å². The number of anilines is 1. The summed E-state index contributed by atoms with van der Waals surface area (Å²) >= 11 is 0. The fourth-order valence-electron chi connectivity index (χ4n) is 1.38. The second-order valence-corrected chi connectivity index (χ2v) is 5.78. The molecule has 0 aliphatic rings. The number of carbonyl (C=O) groups is 1. The van der Waals surface area contributed by atoms with Crippen LogP contribution in [0.15, 0.2) is 18.2 Å². The molecule has 0 amide bonds. The molecular weight excluding hydrogens is 313 g/mol. The van der Waals surface area contributed by atoms with Gasteiger partial charge in [-0.25, -0.2) is 8.42 Å². The van der Waals surface area contributed by atoms with Crippen molar-refractivity contribution < 1.29 is 31.5 Å². The Morgan fingerprint density at radius 1 is 1.38 bits per heavy atom. The number of benzene rings is 1. The third kappa shape index (κ3) is 4.96. The molecule has 0 aliphatic heterocycles. The maximum Gasteiger partial charge on any atom is 0.418 e. The number of hydrogen-bond acceptors (Lipinski definition) is 4. The molecule has 0 aromatic heterocycles. The molecule has 1 aromatic carbocycles. The molecule has 2 N–H and O–H groups in total. The monoisotopic (exact) mass is 322 g/mol. The Hall–Kier alpha value is -2.28. The van der Waals surface area contributed by atoms with Crippen LogP contribution in [0.5, 0.6) is 0 Å². The molecule has 6 nitrogen and oxygen atoms in total. The van der Waals surface area contributed by atoms with Crippen LogP contribution in [-0.2, 0) is 21.0 Å². The molecule has 114 valence electrons. The summed E-state index contributed by atoms with van der Waals surface area (Å²) < 4.78 is 63.2. The van der Waals surface area contributed by atoms with Gasteiger partial charge >= 0.3 is 12.1 Å². The van der Waals surface area contributed by atoms with Gasteiger partial charge in [0.25, 0.3) is 0 Å². The van der Waals surface area contributed by atoms with Gasteiger partial charge in [-0.2, -0.15) is 18.4 Å². The second kappa shape index (κ2) is 6.01. The second-order valence-electron chi connectivity index (χ2n) is 3.93. The van der Waals surface area contributed by atoms with Crippen molar-refractivity contribution in [3.05, 3.63) is 29.3 Å². The van der Waals surface area contributed by atoms with Crippen LogP contribution in [0, 0.1) is 11.3 Å². The standard InChI is InChI=1S/C11H9F3N2O4S/c12-11(13,14)8-5-7(6-15)1-2-9(8)16-21(19,20)4-3-10(17)18/h1-2,5,16H,3-4H2,(H,17,18). The smallest absolute Gasteiger partial charge is 0.418 e. The lowest BCUT2D eigenvalue weighted by Crippen LogP contribution is -2.21. The van der Waals surface area contributed by atoms with Crippen LogP contribution in [0.25, 0.3) is 0 Å². The van der Waals surface area contributed by atoms with Crippen LogP contribution in [0.1, 0.15) is 17.5 Å². The number of alkyl halides is 3. The summed E-state index contributed by atoms with van der Waals surface area (Å²) in [5.74, 6) is -2.25. The fraction of sp³-hybridized carbons (Fsp3) is 0.273. The van der Waals surface area contributed by atoms with E-state index in [1.165, 1.54) is 6.07 Å². The molecule has 0 aliphatic carbocycles. The number of carboxylic acid groups (broad SMARTS) is 1. The van der Waals surface area contributed by atoms with E-state index in [0.29, 0.717) is 6.07 Å². The molecule has 1 aromatic rings. The number of nitriles is 1. The van der Waals surface area contributed by atoms with Crippen molar-refractivity contribution in [2.24, 2.45) is 0 Å². The first-order valence-electron chi connectivity index (χ1n) is 5.39. The Balaban J connectivity index is 3.14. The first-order chi connectivity index (χ1) is 9.55. The number of carboxylic acids is 1. The molecule has 0 fully saturated rings. The van der Waals surface area contributed by atoms with E-state index in [1.807, 2.05) is 0 Å². The summed E-state index contributed by atoms with van der Waals surface area (Å²) in [6.07, 6.45) is -5.61. The van der Waals surface area contributed by atoms with E-state index >= 15 is 0 Å². The van der Waals surface area contributed by atoms with E-state index in [-0.39, 0.29) is 5.56 Å². The Kier molecular flexibility index (Phi) is 4.80. The van der Waals surface area contributed by atoms with Crippen LogP contribution >= 0.6 is 0 Å². The maximum atomic E-state index is 12.8. The van der Waals surface area contributed by atoms with Crippen molar-refractivity contribution >= 4 is 21.7 Å². The van der Waals surface area contributed by atoms with Crippen molar-refractivity contribution in [3.8, 4) is 6.07 Å². The van der Waals surface area contributed by atoms with Gasteiger partial charge in [-0.3, -0.25) is 9.52 Å². The lowest BCUT2D eigenvalue weighted by atomic mass is 10.1. The van der Waals surface area contributed by atoms with Gasteiger partial charge in [-0.1, -0.05) is 0 Å². The van der Waals surface area contributed by atoms with E-state index in [9.17, 15) is 26.4 Å². The SMILES string of the molecule is N#Cc1ccc(NS(=O)(=O)CCC(=O)O)c(C(F)(F)F)c1. The molecule has 0 heterocycles. The molecule has 0 radical (unpaired) electrons. The van der Waals surface area contributed by atoms with E-state index in [2.05, 4.69) is 0 Å². The molecule has 0 spiro atoms. The number of hydrogen-bond donors (Lipinski definition) is 2. The van der Waals surface area contributed by atoms with Gasteiger partial charge in [0.1, 0.15) is 0 Å². The fourth-order valence-corrected chi connectivity index (χ4v) is 2.44. The third-order valence-electron chi connectivity index (χ3n) is 2.30. The number of halogens is 3. The van der Waals surface area contributed by atoms with Crippen molar-refractivity contribution in [2.45, 2.75) is 12.6 Å². The van der Waals surface area contributed by atoms with Gasteiger partial charge in [0, 0.05) is 0 Å². The van der Waals surface area contributed by atoms with Gasteiger partial charge < -0.3 is 5.11 Å². The van der Waals surface area contributed by atoms with Crippen molar-refractivity contribution in [1.82, 2.24) is 0 Å². The highest BCUT2D eigenvalue weighted by Crippen LogP contribution is 2.35. The average molecular weight is 322 g/mol. The zero-order valence-electron chi connectivity index (χ0n) is 10.3. The van der Waals surface area contributed by atoms with Crippen LogP contribution < -0.4 is 4.72 Å². The zero-order valence-corrected chi connectivity index (χ0v) is 11.1. The third-order valence-corrected chi connectivity index (χ3v) is 3.58. The van der Waals surface area contributed by atoms with Gasteiger partial charge in [-0.15, -0.1) is 0 Å². The zero-order chi connectivity index (χ0) is 16.3. The van der Waals surface area contributed by atoms with E-state index < -0.39 is 45.6 Å². The summed E-state index contributed by atoms with van der Waals surface area (Å²) in [6.45, 7) is 0. The summed E-state index contributed by atoms with van der Waals surface area (Å²) in [7, 11) is -4.25. The molecule has 0 bridgehead atoms. The van der Waals surface area contributed by atoms with Crippen LogP contribution in [0.4, 0.5) is 18.9 Å². The quantitative estimate of drug-likeness (QED) is 0.859. The average Bonchev–Trinajstić information content (AvgIpc) is 2.35. The summed E-state index contributed by atoms with van der Waals surface area (Å²) in [5, 5.41) is 17.0. The minimum Gasteiger partial charge on any atom is -0.481 e. The van der Waals surface area contributed by atoms with Crippen LogP contribution in [0.3, 0.4) is 0 Å². The normalized spacial score (nSPS) is 11.7. The molecule has 0 unspecified atom stereocenters. The van der Waals surface area contributed by atoms with E-state index in [4.69, 9.17) is 10.4 Å². The Bertz CT molecular complexity index is 692. The molecule has 0 saturated heterocycles. The maximum absolute atomic E-state index is 12.8. The Morgan fingerprint density at radius 2 is 2.00 bits per heavy atom. The van der Waals surface area contributed by atoms with Crippen molar-refractivity contribution in [2.75, 3.05) is 10.5 Å². The summed E-state index contributed by atoms with van der Waals surface area (Å²) in [4.78, 5) is 10.3. The predicted octanol–water partition coefficient (Wildman–Crippen LogP) is 1.79. The molecule has 1 rings (SSSR count). The molecule has 0 atom stereocenters. The molecule has 10 heteroatoms. The highest BCUT2D eigenvalue weighted by Gasteiger charge is 2.34. The summed E-state index contributed by atoms with van der Waals surface area (Å²) in [6, 6.07) is 3.85. The molecule has 0 saturated carbocycles. The number of sulfonamides is 1. The molecular formula is C11H9F3N2O4S. The lowest BCUT2D eigenvalue weighted by molar-refractivity contribution is -0.137. The predicted molar refractivity (Wildman–Crippen MR) is 65.8 cm³/mol. The lowest BCUT2D eigenvalue weighted by Gasteiger charge is -2.14. The minimum atomic E-state index is -4.86. The number of nitrogens with one attached hydrogen (secondary N) is 1. The van der Waals surface area contributed by atoms with E-state index in [1.54, 1.807) is 4.72 Å². The van der Waals surface area contributed by atoms with Crippen LogP contribution in [-0.4, -0.2) is 25.2 Å². The molecule has 21 heavy (non-hydrogen) atoms. The minimum absolute atomic E-state index is 0.282. The highest BCUT2D eigenvalue weighted by atomic mass is 32.2. The van der Waals surface area contributed by atoms with Crippen LogP contribution in [0.2, 0.25) is 0 Å². The highest BCUT2D eigenvalue weighted by molar-refractivity contribution is 7.92. The number of rotatable bonds is 5. The van der Waals surface area contributed by atoms with Crippen molar-refractivity contribution in [3.63, 3.8) is 0 Å². The van der Waals surface area contributed by atoms with Gasteiger partial charge in [0.15, 0.2) is 0 Å². The Morgan fingerprint density at radius 3 is 2.48 bits per heavy atom. The first kappa shape index (κ1) is 16.8. The van der Waals surface area contributed by atoms with Gasteiger partial charge in [0.2, 0.25) is 10.0 Å². The number of aliphatic carboxylic acids is 1. The first-order valence-corrected chi connectivity index (χ1v) is 7.04. The van der Waals surface area contributed by atoms with Gasteiger partial charge in [-0.05, 0) is 18.2 Å². The topological polar surface area (TPSA) is 107 Å². The van der Waals surface area contributed by atoms with E-state index in [0.717, 1.165) is 12.1 Å². The number of nitrogens with zero attached hydrogens (tertiary/aromatic N) is 1.